The van der Waals surface area contributed by atoms with E-state index in [1.54, 1.807) is 6.92 Å². The first-order valence-electron chi connectivity index (χ1n) is 6.84. The largest absolute Gasteiger partial charge is 0.384 e. The van der Waals surface area contributed by atoms with Gasteiger partial charge in [0.2, 0.25) is 0 Å². The summed E-state index contributed by atoms with van der Waals surface area (Å²) in [5, 5.41) is 19.8. The summed E-state index contributed by atoms with van der Waals surface area (Å²) in [4.78, 5) is 0. The van der Waals surface area contributed by atoms with Gasteiger partial charge in [0.1, 0.15) is 5.60 Å². The number of fused-ring (bicyclic) bond motifs is 1. The summed E-state index contributed by atoms with van der Waals surface area (Å²) in [5.74, 6) is -0.348. The molecule has 0 bridgehead atoms. The third-order valence-corrected chi connectivity index (χ3v) is 4.18. The summed E-state index contributed by atoms with van der Waals surface area (Å²) in [5.41, 5.74) is 2.60. The molecule has 0 fully saturated rings. The first-order valence-corrected chi connectivity index (χ1v) is 6.84. The fourth-order valence-corrected chi connectivity index (χ4v) is 2.86. The van der Waals surface area contributed by atoms with Crippen LogP contribution in [0.2, 0.25) is 0 Å². The number of aryl methyl sites for hydroxylation is 2. The Bertz CT molecular complexity index is 470. The lowest BCUT2D eigenvalue weighted by Crippen LogP contribution is -2.30. The third-order valence-electron chi connectivity index (χ3n) is 4.18. The minimum Gasteiger partial charge on any atom is -0.384 e. The lowest BCUT2D eigenvalue weighted by atomic mass is 9.79. The van der Waals surface area contributed by atoms with Crippen LogP contribution >= 0.6 is 0 Å². The molecule has 18 heavy (non-hydrogen) atoms. The van der Waals surface area contributed by atoms with E-state index in [9.17, 15) is 5.11 Å². The Hall–Kier alpha value is -1.33. The van der Waals surface area contributed by atoms with Crippen LogP contribution in [-0.4, -0.2) is 5.11 Å². The van der Waals surface area contributed by atoms with Crippen LogP contribution in [0.4, 0.5) is 0 Å². The molecular formula is C16H21NO. The molecule has 96 valence electrons. The van der Waals surface area contributed by atoms with E-state index in [0.29, 0.717) is 6.42 Å². The van der Waals surface area contributed by atoms with E-state index in [1.807, 2.05) is 13.0 Å². The second-order valence-corrected chi connectivity index (χ2v) is 5.43. The summed E-state index contributed by atoms with van der Waals surface area (Å²) < 4.78 is 0. The molecule has 0 saturated carbocycles. The number of hydrogen-bond donors (Lipinski definition) is 1. The lowest BCUT2D eigenvalue weighted by molar-refractivity contribution is 0.0150. The normalized spacial score (nSPS) is 19.4. The zero-order valence-corrected chi connectivity index (χ0v) is 11.2. The van der Waals surface area contributed by atoms with Crippen molar-refractivity contribution < 1.29 is 5.11 Å². The van der Waals surface area contributed by atoms with Crippen LogP contribution in [0.3, 0.4) is 0 Å². The molecule has 0 radical (unpaired) electrons. The highest BCUT2D eigenvalue weighted by Gasteiger charge is 2.33. The van der Waals surface area contributed by atoms with E-state index in [1.165, 1.54) is 24.0 Å². The van der Waals surface area contributed by atoms with Crippen LogP contribution in [0.15, 0.2) is 18.2 Å². The molecule has 0 aromatic heterocycles. The van der Waals surface area contributed by atoms with Gasteiger partial charge in [-0.05, 0) is 55.7 Å². The van der Waals surface area contributed by atoms with Gasteiger partial charge in [-0.1, -0.05) is 25.1 Å². The van der Waals surface area contributed by atoms with Crippen molar-refractivity contribution in [2.45, 2.75) is 51.6 Å². The van der Waals surface area contributed by atoms with Gasteiger partial charge in [0.25, 0.3) is 0 Å². The summed E-state index contributed by atoms with van der Waals surface area (Å²) in [6.07, 6.45) is 5.41. The van der Waals surface area contributed by atoms with Crippen molar-refractivity contribution >= 4 is 0 Å². The van der Waals surface area contributed by atoms with Gasteiger partial charge in [-0.2, -0.15) is 5.26 Å². The number of nitrogens with zero attached hydrogens (tertiary/aromatic N) is 1. The zero-order chi connectivity index (χ0) is 13.2. The van der Waals surface area contributed by atoms with Crippen molar-refractivity contribution in [3.8, 4) is 6.07 Å². The second kappa shape index (κ2) is 5.12. The van der Waals surface area contributed by atoms with Crippen LogP contribution in [-0.2, 0) is 18.4 Å². The summed E-state index contributed by atoms with van der Waals surface area (Å²) in [6.45, 7) is 3.70. The Morgan fingerprint density at radius 3 is 2.61 bits per heavy atom. The molecule has 1 aliphatic carbocycles. The van der Waals surface area contributed by atoms with E-state index in [4.69, 9.17) is 5.26 Å². The third kappa shape index (κ3) is 2.28. The Kier molecular flexibility index (Phi) is 3.73. The number of benzene rings is 1. The molecule has 2 atom stereocenters. The standard InChI is InChI=1S/C16H21NO/c1-3-14(11-17)16(2,18)15-9-8-12-6-4-5-7-13(12)10-15/h8-10,14,18H,3-7H2,1-2H3. The van der Waals surface area contributed by atoms with E-state index in [2.05, 4.69) is 18.2 Å². The molecule has 0 aliphatic heterocycles. The maximum Gasteiger partial charge on any atom is 0.103 e. The summed E-state index contributed by atoms with van der Waals surface area (Å²) in [7, 11) is 0. The topological polar surface area (TPSA) is 44.0 Å². The molecule has 1 N–H and O–H groups in total. The maximum atomic E-state index is 10.6. The van der Waals surface area contributed by atoms with Gasteiger partial charge in [-0.3, -0.25) is 0 Å². The molecule has 0 heterocycles. The smallest absolute Gasteiger partial charge is 0.103 e. The minimum atomic E-state index is -1.05. The fraction of sp³-hybridized carbons (Fsp3) is 0.562. The highest BCUT2D eigenvalue weighted by Crippen LogP contribution is 2.33. The molecule has 0 amide bonds. The average molecular weight is 243 g/mol. The van der Waals surface area contributed by atoms with Crippen molar-refractivity contribution in [3.63, 3.8) is 0 Å². The lowest BCUT2D eigenvalue weighted by Gasteiger charge is -2.29. The van der Waals surface area contributed by atoms with Crippen molar-refractivity contribution in [2.75, 3.05) is 0 Å². The van der Waals surface area contributed by atoms with Crippen molar-refractivity contribution in [1.29, 1.82) is 5.26 Å². The predicted molar refractivity (Wildman–Crippen MR) is 72.0 cm³/mol. The maximum absolute atomic E-state index is 10.6. The number of rotatable bonds is 3. The van der Waals surface area contributed by atoms with Gasteiger partial charge in [0.05, 0.1) is 12.0 Å². The first kappa shape index (κ1) is 13.1. The predicted octanol–water partition coefficient (Wildman–Crippen LogP) is 3.32. The number of nitriles is 1. The Labute approximate surface area is 109 Å². The molecule has 0 spiro atoms. The van der Waals surface area contributed by atoms with Gasteiger partial charge in [0.15, 0.2) is 0 Å². The summed E-state index contributed by atoms with van der Waals surface area (Å²) in [6, 6.07) is 8.44. The highest BCUT2D eigenvalue weighted by molar-refractivity contribution is 5.37. The van der Waals surface area contributed by atoms with Gasteiger partial charge < -0.3 is 5.11 Å². The molecule has 2 nitrogen and oxygen atoms in total. The number of hydrogen-bond acceptors (Lipinski definition) is 2. The van der Waals surface area contributed by atoms with E-state index < -0.39 is 5.60 Å². The second-order valence-electron chi connectivity index (χ2n) is 5.43. The molecule has 2 rings (SSSR count). The molecule has 1 aromatic rings. The van der Waals surface area contributed by atoms with Crippen LogP contribution in [0.25, 0.3) is 0 Å². The molecule has 2 unspecified atom stereocenters. The van der Waals surface area contributed by atoms with Gasteiger partial charge >= 0.3 is 0 Å². The fourth-order valence-electron chi connectivity index (χ4n) is 2.86. The number of aliphatic hydroxyl groups is 1. The first-order chi connectivity index (χ1) is 8.59. The molecular weight excluding hydrogens is 222 g/mol. The zero-order valence-electron chi connectivity index (χ0n) is 11.2. The van der Waals surface area contributed by atoms with Crippen molar-refractivity contribution in [3.05, 3.63) is 34.9 Å². The van der Waals surface area contributed by atoms with Crippen LogP contribution in [0.1, 0.15) is 49.8 Å². The van der Waals surface area contributed by atoms with Crippen LogP contribution < -0.4 is 0 Å². The quantitative estimate of drug-likeness (QED) is 0.885. The van der Waals surface area contributed by atoms with Gasteiger partial charge in [-0.15, -0.1) is 0 Å². The molecule has 2 heteroatoms. The van der Waals surface area contributed by atoms with E-state index in [0.717, 1.165) is 18.4 Å². The summed E-state index contributed by atoms with van der Waals surface area (Å²) >= 11 is 0. The SMILES string of the molecule is CCC(C#N)C(C)(O)c1ccc2c(c1)CCCC2. The van der Waals surface area contributed by atoms with E-state index >= 15 is 0 Å². The van der Waals surface area contributed by atoms with Crippen molar-refractivity contribution in [2.24, 2.45) is 5.92 Å². The molecule has 1 aliphatic rings. The van der Waals surface area contributed by atoms with Gasteiger partial charge in [0, 0.05) is 0 Å². The molecule has 1 aromatic carbocycles. The van der Waals surface area contributed by atoms with Crippen LogP contribution in [0.5, 0.6) is 0 Å². The van der Waals surface area contributed by atoms with Crippen LogP contribution in [0, 0.1) is 17.2 Å². The van der Waals surface area contributed by atoms with Gasteiger partial charge in [-0.25, -0.2) is 0 Å². The highest BCUT2D eigenvalue weighted by atomic mass is 16.3. The Morgan fingerprint density at radius 2 is 2.00 bits per heavy atom. The Balaban J connectivity index is 2.36. The average Bonchev–Trinajstić information content (AvgIpc) is 2.39. The molecule has 0 saturated heterocycles. The van der Waals surface area contributed by atoms with Crippen molar-refractivity contribution in [1.82, 2.24) is 0 Å². The Morgan fingerprint density at radius 1 is 1.33 bits per heavy atom. The van der Waals surface area contributed by atoms with E-state index in [-0.39, 0.29) is 5.92 Å². The monoisotopic (exact) mass is 243 g/mol. The minimum absolute atomic E-state index is 0.348.